The minimum absolute atomic E-state index is 0.132. The molecule has 0 saturated carbocycles. The van der Waals surface area contributed by atoms with E-state index in [-0.39, 0.29) is 22.8 Å². The number of carbonyl (C=O) groups is 2. The first kappa shape index (κ1) is 21.8. The second-order valence-electron chi connectivity index (χ2n) is 7.39. The lowest BCUT2D eigenvalue weighted by molar-refractivity contribution is -0.385. The van der Waals surface area contributed by atoms with Gasteiger partial charge in [-0.1, -0.05) is 12.1 Å². The van der Waals surface area contributed by atoms with E-state index >= 15 is 0 Å². The lowest BCUT2D eigenvalue weighted by Crippen LogP contribution is -2.11. The SMILES string of the molecule is COc1ccc(-n2c(C)c(C(C)=O)c3cc(OC(=O)c4ccccc4[N+](=O)[O-])ccc32)cc1. The Hall–Kier alpha value is -4.46. The number of Topliss-reactive ketones (excluding diaryl/α,β-unsaturated/α-hetero) is 1. The van der Waals surface area contributed by atoms with E-state index in [0.29, 0.717) is 16.7 Å². The maximum absolute atomic E-state index is 12.6. The highest BCUT2D eigenvalue weighted by Gasteiger charge is 2.23. The first-order chi connectivity index (χ1) is 15.8. The summed E-state index contributed by atoms with van der Waals surface area (Å²) in [7, 11) is 1.59. The van der Waals surface area contributed by atoms with Gasteiger partial charge in [-0.3, -0.25) is 14.9 Å². The standard InChI is InChI=1S/C25H20N2O6/c1-15-24(16(2)28)21-14-19(33-25(29)20-6-4-5-7-23(20)27(30)31)12-13-22(21)26(15)17-8-10-18(32-3)11-9-17/h4-14H,1-3H3. The predicted molar refractivity (Wildman–Crippen MR) is 123 cm³/mol. The van der Waals surface area contributed by atoms with Gasteiger partial charge in [-0.05, 0) is 62.4 Å². The molecule has 0 aliphatic carbocycles. The lowest BCUT2D eigenvalue weighted by Gasteiger charge is -2.10. The Morgan fingerprint density at radius 2 is 1.64 bits per heavy atom. The van der Waals surface area contributed by atoms with Crippen LogP contribution in [0.1, 0.15) is 33.3 Å². The molecular formula is C25H20N2O6. The fraction of sp³-hybridized carbons (Fsp3) is 0.120. The van der Waals surface area contributed by atoms with Gasteiger partial charge in [-0.25, -0.2) is 4.79 Å². The van der Waals surface area contributed by atoms with Gasteiger partial charge in [-0.15, -0.1) is 0 Å². The highest BCUT2D eigenvalue weighted by Crippen LogP contribution is 2.33. The molecule has 0 atom stereocenters. The number of nitro benzene ring substituents is 1. The average molecular weight is 444 g/mol. The maximum atomic E-state index is 12.6. The summed E-state index contributed by atoms with van der Waals surface area (Å²) in [5, 5.41) is 11.9. The molecule has 4 rings (SSSR count). The number of hydrogen-bond acceptors (Lipinski definition) is 6. The van der Waals surface area contributed by atoms with Gasteiger partial charge in [-0.2, -0.15) is 0 Å². The maximum Gasteiger partial charge on any atom is 0.350 e. The zero-order valence-electron chi connectivity index (χ0n) is 18.2. The lowest BCUT2D eigenvalue weighted by atomic mass is 10.1. The summed E-state index contributed by atoms with van der Waals surface area (Å²) in [4.78, 5) is 35.7. The number of nitro groups is 1. The third-order valence-corrected chi connectivity index (χ3v) is 5.39. The summed E-state index contributed by atoms with van der Waals surface area (Å²) < 4.78 is 12.6. The smallest absolute Gasteiger partial charge is 0.350 e. The monoisotopic (exact) mass is 444 g/mol. The number of ether oxygens (including phenoxy) is 2. The first-order valence-corrected chi connectivity index (χ1v) is 10.1. The second-order valence-corrected chi connectivity index (χ2v) is 7.39. The summed E-state index contributed by atoms with van der Waals surface area (Å²) >= 11 is 0. The van der Waals surface area contributed by atoms with Crippen molar-refractivity contribution >= 4 is 28.3 Å². The quantitative estimate of drug-likeness (QED) is 0.132. The minimum atomic E-state index is -0.850. The number of rotatable bonds is 6. The number of nitrogens with zero attached hydrogens (tertiary/aromatic N) is 2. The third kappa shape index (κ3) is 3.94. The van der Waals surface area contributed by atoms with E-state index in [0.717, 1.165) is 16.9 Å². The van der Waals surface area contributed by atoms with E-state index in [2.05, 4.69) is 0 Å². The van der Waals surface area contributed by atoms with E-state index in [4.69, 9.17) is 9.47 Å². The highest BCUT2D eigenvalue weighted by atomic mass is 16.6. The summed E-state index contributed by atoms with van der Waals surface area (Å²) in [6, 6.07) is 18.0. The number of carbonyl (C=O) groups excluding carboxylic acids is 2. The van der Waals surface area contributed by atoms with Crippen LogP contribution in [-0.2, 0) is 0 Å². The number of fused-ring (bicyclic) bond motifs is 1. The molecule has 4 aromatic rings. The van der Waals surface area contributed by atoms with Crippen LogP contribution in [0.4, 0.5) is 5.69 Å². The Morgan fingerprint density at radius 1 is 0.970 bits per heavy atom. The molecule has 0 amide bonds. The van der Waals surface area contributed by atoms with E-state index in [1.807, 2.05) is 35.8 Å². The molecule has 0 unspecified atom stereocenters. The van der Waals surface area contributed by atoms with Crippen molar-refractivity contribution in [3.63, 3.8) is 0 Å². The van der Waals surface area contributed by atoms with Gasteiger partial charge in [0.15, 0.2) is 5.78 Å². The van der Waals surface area contributed by atoms with Crippen LogP contribution in [0.25, 0.3) is 16.6 Å². The van der Waals surface area contributed by atoms with Crippen LogP contribution < -0.4 is 9.47 Å². The van der Waals surface area contributed by atoms with Gasteiger partial charge in [0.2, 0.25) is 0 Å². The number of hydrogen-bond donors (Lipinski definition) is 0. The molecular weight excluding hydrogens is 424 g/mol. The van der Waals surface area contributed by atoms with E-state index < -0.39 is 10.9 Å². The summed E-state index contributed by atoms with van der Waals surface area (Å²) in [6.45, 7) is 3.33. The van der Waals surface area contributed by atoms with Crippen LogP contribution >= 0.6 is 0 Å². The fourth-order valence-electron chi connectivity index (χ4n) is 3.94. The van der Waals surface area contributed by atoms with E-state index in [1.54, 1.807) is 25.3 Å². The Balaban J connectivity index is 1.79. The van der Waals surface area contributed by atoms with E-state index in [1.165, 1.54) is 31.2 Å². The van der Waals surface area contributed by atoms with Crippen molar-refractivity contribution < 1.29 is 24.0 Å². The van der Waals surface area contributed by atoms with Crippen molar-refractivity contribution in [3.8, 4) is 17.2 Å². The van der Waals surface area contributed by atoms with Crippen LogP contribution in [-0.4, -0.2) is 28.4 Å². The Labute approximate surface area is 189 Å². The summed E-state index contributed by atoms with van der Waals surface area (Å²) in [5.41, 5.74) is 2.36. The minimum Gasteiger partial charge on any atom is -0.497 e. The van der Waals surface area contributed by atoms with Crippen LogP contribution in [0.2, 0.25) is 0 Å². The van der Waals surface area contributed by atoms with Gasteiger partial charge >= 0.3 is 5.97 Å². The number of methoxy groups -OCH3 is 1. The van der Waals surface area contributed by atoms with Gasteiger partial charge in [0, 0.05) is 28.4 Å². The molecule has 0 saturated heterocycles. The van der Waals surface area contributed by atoms with Gasteiger partial charge in [0.1, 0.15) is 17.1 Å². The van der Waals surface area contributed by atoms with Crippen molar-refractivity contribution in [2.45, 2.75) is 13.8 Å². The molecule has 0 radical (unpaired) electrons. The Kier molecular flexibility index (Phi) is 5.66. The molecule has 3 aromatic carbocycles. The second kappa shape index (κ2) is 8.58. The molecule has 0 N–H and O–H groups in total. The van der Waals surface area contributed by atoms with Crippen LogP contribution in [0, 0.1) is 17.0 Å². The van der Waals surface area contributed by atoms with Crippen molar-refractivity contribution in [1.82, 2.24) is 4.57 Å². The van der Waals surface area contributed by atoms with Crippen LogP contribution in [0.3, 0.4) is 0 Å². The zero-order valence-corrected chi connectivity index (χ0v) is 18.2. The average Bonchev–Trinajstić information content (AvgIpc) is 3.10. The highest BCUT2D eigenvalue weighted by molar-refractivity contribution is 6.09. The Morgan fingerprint density at radius 3 is 2.27 bits per heavy atom. The number of aromatic nitrogens is 1. The van der Waals surface area contributed by atoms with Gasteiger partial charge in [0.05, 0.1) is 17.5 Å². The number of esters is 1. The molecule has 8 heteroatoms. The fourth-order valence-corrected chi connectivity index (χ4v) is 3.94. The number of ketones is 1. The molecule has 1 aromatic heterocycles. The topological polar surface area (TPSA) is 101 Å². The molecule has 33 heavy (non-hydrogen) atoms. The third-order valence-electron chi connectivity index (χ3n) is 5.39. The molecule has 0 fully saturated rings. The molecule has 166 valence electrons. The number of benzene rings is 3. The molecule has 8 nitrogen and oxygen atoms in total. The van der Waals surface area contributed by atoms with Crippen molar-refractivity contribution in [2.24, 2.45) is 0 Å². The summed E-state index contributed by atoms with van der Waals surface area (Å²) in [5.74, 6) is -0.0897. The van der Waals surface area contributed by atoms with Crippen LogP contribution in [0.5, 0.6) is 11.5 Å². The van der Waals surface area contributed by atoms with Crippen molar-refractivity contribution in [2.75, 3.05) is 7.11 Å². The van der Waals surface area contributed by atoms with Crippen molar-refractivity contribution in [1.29, 1.82) is 0 Å². The van der Waals surface area contributed by atoms with Gasteiger partial charge < -0.3 is 14.0 Å². The first-order valence-electron chi connectivity index (χ1n) is 10.1. The molecule has 0 aliphatic rings. The zero-order chi connectivity index (χ0) is 23.7. The molecule has 0 aliphatic heterocycles. The normalized spacial score (nSPS) is 10.8. The molecule has 0 spiro atoms. The van der Waals surface area contributed by atoms with Crippen LogP contribution in [0.15, 0.2) is 66.7 Å². The van der Waals surface area contributed by atoms with Gasteiger partial charge in [0.25, 0.3) is 5.69 Å². The predicted octanol–water partition coefficient (Wildman–Crippen LogP) is 5.28. The Bertz CT molecular complexity index is 1400. The van der Waals surface area contributed by atoms with Crippen molar-refractivity contribution in [3.05, 3.63) is 93.7 Å². The summed E-state index contributed by atoms with van der Waals surface area (Å²) in [6.07, 6.45) is 0. The molecule has 0 bridgehead atoms. The molecule has 1 heterocycles. The largest absolute Gasteiger partial charge is 0.497 e. The number of para-hydroxylation sites is 1. The van der Waals surface area contributed by atoms with E-state index in [9.17, 15) is 19.7 Å².